The highest BCUT2D eigenvalue weighted by molar-refractivity contribution is 9.10. The van der Waals surface area contributed by atoms with Crippen molar-refractivity contribution in [3.63, 3.8) is 0 Å². The zero-order valence-corrected chi connectivity index (χ0v) is 12.2. The van der Waals surface area contributed by atoms with Crippen LogP contribution in [0.3, 0.4) is 0 Å². The molecule has 0 atom stereocenters. The fourth-order valence-electron chi connectivity index (χ4n) is 1.30. The van der Waals surface area contributed by atoms with Crippen LogP contribution in [0.4, 0.5) is 5.82 Å². The molecule has 5 nitrogen and oxygen atoms in total. The van der Waals surface area contributed by atoms with E-state index in [0.29, 0.717) is 5.76 Å². The van der Waals surface area contributed by atoms with Gasteiger partial charge in [0.1, 0.15) is 17.4 Å². The van der Waals surface area contributed by atoms with Gasteiger partial charge in [-0.25, -0.2) is 0 Å². The highest BCUT2D eigenvalue weighted by Gasteiger charge is 2.12. The van der Waals surface area contributed by atoms with Gasteiger partial charge < -0.3 is 9.84 Å². The Morgan fingerprint density at radius 3 is 2.95 bits per heavy atom. The molecule has 0 fully saturated rings. The molecule has 7 heteroatoms. The number of hydrogen-bond donors (Lipinski definition) is 1. The molecule has 2 heterocycles. The minimum absolute atomic E-state index is 0.00926. The first-order valence-corrected chi connectivity index (χ1v) is 6.86. The molecule has 0 aromatic carbocycles. The van der Waals surface area contributed by atoms with E-state index in [1.165, 1.54) is 17.4 Å². The molecule has 2 aromatic heterocycles. The molecule has 2 aromatic rings. The molecule has 96 valence electrons. The Kier molecular flexibility index (Phi) is 4.14. The molecule has 0 spiro atoms. The Bertz CT molecular complexity index is 681. The molecule has 0 bridgehead atoms. The van der Waals surface area contributed by atoms with E-state index >= 15 is 0 Å². The lowest BCUT2D eigenvalue weighted by Gasteiger charge is -1.98. The fraction of sp³-hybridized carbons (Fsp3) is 0.0833. The monoisotopic (exact) mass is 337 g/mol. The average Bonchev–Trinajstić information content (AvgIpc) is 2.95. The number of aromatic nitrogens is 1. The van der Waals surface area contributed by atoms with E-state index in [1.54, 1.807) is 13.0 Å². The van der Waals surface area contributed by atoms with Crippen LogP contribution < -0.4 is 5.32 Å². The van der Waals surface area contributed by atoms with Crippen LogP contribution in [0.1, 0.15) is 10.6 Å². The molecule has 0 aliphatic carbocycles. The Morgan fingerprint density at radius 1 is 1.63 bits per heavy atom. The minimum atomic E-state index is -0.514. The third kappa shape index (κ3) is 3.53. The SMILES string of the molecule is Cc1cc(NC(=O)/C(C#N)=C/c2cc(Br)cs2)no1. The maximum atomic E-state index is 11.9. The van der Waals surface area contributed by atoms with Crippen molar-refractivity contribution in [2.24, 2.45) is 0 Å². The number of aryl methyl sites for hydroxylation is 1. The van der Waals surface area contributed by atoms with Crippen molar-refractivity contribution in [3.8, 4) is 6.07 Å². The van der Waals surface area contributed by atoms with E-state index in [1.807, 2.05) is 17.5 Å². The van der Waals surface area contributed by atoms with E-state index in [2.05, 4.69) is 26.4 Å². The summed E-state index contributed by atoms with van der Waals surface area (Å²) in [4.78, 5) is 12.7. The summed E-state index contributed by atoms with van der Waals surface area (Å²) >= 11 is 4.75. The van der Waals surface area contributed by atoms with Crippen molar-refractivity contribution in [3.05, 3.63) is 38.2 Å². The number of nitriles is 1. The molecule has 0 saturated heterocycles. The number of carbonyl (C=O) groups is 1. The molecular weight excluding hydrogens is 330 g/mol. The lowest BCUT2D eigenvalue weighted by molar-refractivity contribution is -0.112. The van der Waals surface area contributed by atoms with E-state index in [0.717, 1.165) is 9.35 Å². The van der Waals surface area contributed by atoms with Gasteiger partial charge in [0, 0.05) is 20.8 Å². The number of amides is 1. The second-order valence-corrected chi connectivity index (χ2v) is 5.47. The molecule has 0 unspecified atom stereocenters. The van der Waals surface area contributed by atoms with Gasteiger partial charge in [-0.2, -0.15) is 5.26 Å². The maximum Gasteiger partial charge on any atom is 0.267 e. The number of rotatable bonds is 3. The van der Waals surface area contributed by atoms with Gasteiger partial charge >= 0.3 is 0 Å². The van der Waals surface area contributed by atoms with Crippen LogP contribution in [0.5, 0.6) is 0 Å². The number of nitrogens with zero attached hydrogens (tertiary/aromatic N) is 2. The summed E-state index contributed by atoms with van der Waals surface area (Å²) in [5.74, 6) is 0.358. The van der Waals surface area contributed by atoms with Gasteiger partial charge in [-0.1, -0.05) is 5.16 Å². The molecule has 0 saturated carbocycles. The molecule has 1 amide bonds. The molecule has 2 rings (SSSR count). The molecule has 0 aliphatic heterocycles. The lowest BCUT2D eigenvalue weighted by atomic mass is 10.2. The number of anilines is 1. The summed E-state index contributed by atoms with van der Waals surface area (Å²) in [7, 11) is 0. The van der Waals surface area contributed by atoms with Crippen LogP contribution in [0.25, 0.3) is 6.08 Å². The summed E-state index contributed by atoms with van der Waals surface area (Å²) in [5, 5.41) is 17.0. The highest BCUT2D eigenvalue weighted by Crippen LogP contribution is 2.22. The standard InChI is InChI=1S/C12H8BrN3O2S/c1-7-2-11(16-18-7)15-12(17)8(5-14)3-10-4-9(13)6-19-10/h2-4,6H,1H3,(H,15,16,17)/b8-3+. The van der Waals surface area contributed by atoms with E-state index in [-0.39, 0.29) is 11.4 Å². The summed E-state index contributed by atoms with van der Waals surface area (Å²) in [6, 6.07) is 5.28. The first kappa shape index (κ1) is 13.5. The predicted molar refractivity (Wildman–Crippen MR) is 75.5 cm³/mol. The zero-order valence-electron chi connectivity index (χ0n) is 9.81. The number of carbonyl (C=O) groups excluding carboxylic acids is 1. The highest BCUT2D eigenvalue weighted by atomic mass is 79.9. The van der Waals surface area contributed by atoms with Crippen LogP contribution in [0, 0.1) is 18.3 Å². The largest absolute Gasteiger partial charge is 0.360 e. The van der Waals surface area contributed by atoms with Crippen molar-refractivity contribution in [1.82, 2.24) is 5.16 Å². The maximum absolute atomic E-state index is 11.9. The van der Waals surface area contributed by atoms with Gasteiger partial charge in [0.15, 0.2) is 5.82 Å². The van der Waals surface area contributed by atoms with Crippen molar-refractivity contribution in [1.29, 1.82) is 5.26 Å². The second-order valence-electron chi connectivity index (χ2n) is 3.61. The summed E-state index contributed by atoms with van der Waals surface area (Å²) in [5.41, 5.74) is 0.00926. The normalized spacial score (nSPS) is 11.1. The van der Waals surface area contributed by atoms with Crippen LogP contribution in [-0.4, -0.2) is 11.1 Å². The molecule has 19 heavy (non-hydrogen) atoms. The second kappa shape index (κ2) is 5.82. The first-order valence-electron chi connectivity index (χ1n) is 5.19. The Morgan fingerprint density at radius 2 is 2.42 bits per heavy atom. The molecule has 0 radical (unpaired) electrons. The lowest BCUT2D eigenvalue weighted by Crippen LogP contribution is -2.13. The Balaban J connectivity index is 2.16. The van der Waals surface area contributed by atoms with Crippen LogP contribution in [0.2, 0.25) is 0 Å². The fourth-order valence-corrected chi connectivity index (χ4v) is 2.68. The zero-order chi connectivity index (χ0) is 13.8. The summed E-state index contributed by atoms with van der Waals surface area (Å²) in [6.07, 6.45) is 1.53. The molecular formula is C12H8BrN3O2S. The average molecular weight is 338 g/mol. The summed E-state index contributed by atoms with van der Waals surface area (Å²) < 4.78 is 5.74. The van der Waals surface area contributed by atoms with E-state index < -0.39 is 5.91 Å². The van der Waals surface area contributed by atoms with Crippen LogP contribution in [0.15, 0.2) is 32.1 Å². The van der Waals surface area contributed by atoms with Gasteiger partial charge in [-0.15, -0.1) is 11.3 Å². The van der Waals surface area contributed by atoms with Gasteiger partial charge in [-0.3, -0.25) is 4.79 Å². The number of nitrogens with one attached hydrogen (secondary N) is 1. The van der Waals surface area contributed by atoms with Crippen LogP contribution in [-0.2, 0) is 4.79 Å². The van der Waals surface area contributed by atoms with Crippen molar-refractivity contribution >= 4 is 45.1 Å². The number of halogens is 1. The predicted octanol–water partition coefficient (Wildman–Crippen LogP) is 3.35. The Hall–Kier alpha value is -1.91. The van der Waals surface area contributed by atoms with Crippen molar-refractivity contribution < 1.29 is 9.32 Å². The topological polar surface area (TPSA) is 78.9 Å². The minimum Gasteiger partial charge on any atom is -0.360 e. The smallest absolute Gasteiger partial charge is 0.267 e. The molecule has 1 N–H and O–H groups in total. The summed E-state index contributed by atoms with van der Waals surface area (Å²) in [6.45, 7) is 1.72. The third-order valence-electron chi connectivity index (χ3n) is 2.11. The van der Waals surface area contributed by atoms with Gasteiger partial charge in [0.2, 0.25) is 0 Å². The van der Waals surface area contributed by atoms with Gasteiger partial charge in [0.25, 0.3) is 5.91 Å². The van der Waals surface area contributed by atoms with Gasteiger partial charge in [-0.05, 0) is 35.0 Å². The van der Waals surface area contributed by atoms with E-state index in [4.69, 9.17) is 9.78 Å². The third-order valence-corrected chi connectivity index (χ3v) is 3.75. The Labute approximate surface area is 121 Å². The van der Waals surface area contributed by atoms with Crippen LogP contribution >= 0.6 is 27.3 Å². The van der Waals surface area contributed by atoms with Crippen molar-refractivity contribution in [2.45, 2.75) is 6.92 Å². The van der Waals surface area contributed by atoms with E-state index in [9.17, 15) is 4.79 Å². The van der Waals surface area contributed by atoms with Crippen molar-refractivity contribution in [2.75, 3.05) is 5.32 Å². The molecule has 0 aliphatic rings. The number of hydrogen-bond acceptors (Lipinski definition) is 5. The first-order chi connectivity index (χ1) is 9.08. The number of thiophene rings is 1. The van der Waals surface area contributed by atoms with Gasteiger partial charge in [0.05, 0.1) is 0 Å². The quantitative estimate of drug-likeness (QED) is 0.688.